The summed E-state index contributed by atoms with van der Waals surface area (Å²) in [5.74, 6) is 0.0187. The molecular weight excluding hydrogens is 482 g/mol. The first kappa shape index (κ1) is 24.2. The van der Waals surface area contributed by atoms with Gasteiger partial charge in [-0.15, -0.1) is 0 Å². The second-order valence-electron chi connectivity index (χ2n) is 10.0. The van der Waals surface area contributed by atoms with E-state index in [-0.39, 0.29) is 11.9 Å². The predicted octanol–water partition coefficient (Wildman–Crippen LogP) is 5.68. The van der Waals surface area contributed by atoms with Crippen LogP contribution in [-0.2, 0) is 9.53 Å². The number of aromatic nitrogens is 2. The first-order valence-electron chi connectivity index (χ1n) is 13.1. The van der Waals surface area contributed by atoms with Gasteiger partial charge in [-0.3, -0.25) is 14.8 Å². The summed E-state index contributed by atoms with van der Waals surface area (Å²) in [5, 5.41) is 16.1. The SMILES string of the molecule is CN(c1ccc(-c2n[nH]c3ccc(NC(=O)C(c4ccsc4)N4CCCC4)cc23)cc1)C1CCOCC1. The molecule has 0 bridgehead atoms. The molecule has 0 spiro atoms. The highest BCUT2D eigenvalue weighted by Gasteiger charge is 2.30. The fourth-order valence-electron chi connectivity index (χ4n) is 5.62. The average molecular weight is 516 g/mol. The molecule has 2 N–H and O–H groups in total. The zero-order valence-corrected chi connectivity index (χ0v) is 22.0. The van der Waals surface area contributed by atoms with Crippen molar-refractivity contribution in [3.63, 3.8) is 0 Å². The van der Waals surface area contributed by atoms with Gasteiger partial charge in [-0.25, -0.2) is 0 Å². The number of anilines is 2. The third-order valence-electron chi connectivity index (χ3n) is 7.73. The minimum atomic E-state index is -0.256. The van der Waals surface area contributed by atoms with E-state index in [4.69, 9.17) is 4.74 Å². The molecular formula is C29H33N5O2S. The number of likely N-dealkylation sites (tertiary alicyclic amines) is 1. The summed E-state index contributed by atoms with van der Waals surface area (Å²) in [6, 6.07) is 16.9. The number of carbonyl (C=O) groups excluding carboxylic acids is 1. The third-order valence-corrected chi connectivity index (χ3v) is 8.43. The zero-order valence-electron chi connectivity index (χ0n) is 21.2. The van der Waals surface area contributed by atoms with Crippen LogP contribution in [0.25, 0.3) is 22.2 Å². The lowest BCUT2D eigenvalue weighted by Crippen LogP contribution is -2.36. The Morgan fingerprint density at radius 1 is 1.14 bits per heavy atom. The molecule has 1 unspecified atom stereocenters. The minimum absolute atomic E-state index is 0.0187. The molecule has 2 aromatic carbocycles. The topological polar surface area (TPSA) is 73.5 Å². The van der Waals surface area contributed by atoms with Crippen molar-refractivity contribution in [1.82, 2.24) is 15.1 Å². The van der Waals surface area contributed by atoms with Crippen LogP contribution >= 0.6 is 11.3 Å². The summed E-state index contributed by atoms with van der Waals surface area (Å²) >= 11 is 1.64. The molecule has 4 aromatic rings. The molecule has 1 amide bonds. The van der Waals surface area contributed by atoms with Crippen molar-refractivity contribution < 1.29 is 9.53 Å². The molecule has 0 radical (unpaired) electrons. The molecule has 2 fully saturated rings. The predicted molar refractivity (Wildman–Crippen MR) is 150 cm³/mol. The van der Waals surface area contributed by atoms with Crippen LogP contribution < -0.4 is 10.2 Å². The summed E-state index contributed by atoms with van der Waals surface area (Å²) in [6.07, 6.45) is 4.40. The van der Waals surface area contributed by atoms with Crippen LogP contribution in [0.2, 0.25) is 0 Å². The molecule has 2 aliphatic heterocycles. The van der Waals surface area contributed by atoms with Crippen LogP contribution in [0.3, 0.4) is 0 Å². The Balaban J connectivity index is 1.23. The highest BCUT2D eigenvalue weighted by Crippen LogP contribution is 2.32. The van der Waals surface area contributed by atoms with E-state index in [1.807, 2.05) is 23.6 Å². The maximum absolute atomic E-state index is 13.5. The number of benzene rings is 2. The van der Waals surface area contributed by atoms with E-state index in [9.17, 15) is 4.79 Å². The standard InChI is InChI=1S/C29H33N5O2S/c1-33(24-10-15-36-16-11-24)23-7-4-20(5-8-23)27-25-18-22(6-9-26(25)31-32-27)30-29(35)28(21-12-17-37-19-21)34-13-2-3-14-34/h4-9,12,17-19,24,28H,2-3,10-11,13-16H2,1H3,(H,30,35)(H,31,32). The van der Waals surface area contributed by atoms with Gasteiger partial charge in [0.15, 0.2) is 0 Å². The van der Waals surface area contributed by atoms with Crippen molar-refractivity contribution in [3.8, 4) is 11.3 Å². The van der Waals surface area contributed by atoms with Gasteiger partial charge in [-0.05, 0) is 91.5 Å². The Hall–Kier alpha value is -3.20. The first-order chi connectivity index (χ1) is 18.2. The lowest BCUT2D eigenvalue weighted by molar-refractivity contribution is -0.121. The largest absolute Gasteiger partial charge is 0.381 e. The Kier molecular flexibility index (Phi) is 6.95. The van der Waals surface area contributed by atoms with Gasteiger partial charge in [-0.1, -0.05) is 12.1 Å². The lowest BCUT2D eigenvalue weighted by Gasteiger charge is -2.33. The van der Waals surface area contributed by atoms with Crippen LogP contribution in [-0.4, -0.2) is 60.4 Å². The number of H-pyrrole nitrogens is 1. The second kappa shape index (κ2) is 10.7. The summed E-state index contributed by atoms with van der Waals surface area (Å²) < 4.78 is 5.52. The number of thiophene rings is 1. The highest BCUT2D eigenvalue weighted by molar-refractivity contribution is 7.08. The molecule has 7 nitrogen and oxygen atoms in total. The molecule has 8 heteroatoms. The average Bonchev–Trinajstić information content (AvgIpc) is 3.72. The number of ether oxygens (including phenoxy) is 1. The van der Waals surface area contributed by atoms with E-state index >= 15 is 0 Å². The number of aromatic amines is 1. The fourth-order valence-corrected chi connectivity index (χ4v) is 6.30. The smallest absolute Gasteiger partial charge is 0.246 e. The Labute approximate surface area is 221 Å². The van der Waals surface area contributed by atoms with E-state index in [1.54, 1.807) is 11.3 Å². The Bertz CT molecular complexity index is 1340. The molecule has 2 aliphatic rings. The van der Waals surface area contributed by atoms with Gasteiger partial charge in [0.1, 0.15) is 6.04 Å². The molecule has 2 saturated heterocycles. The summed E-state index contributed by atoms with van der Waals surface area (Å²) in [7, 11) is 2.16. The maximum atomic E-state index is 13.5. The van der Waals surface area contributed by atoms with Gasteiger partial charge in [0, 0.05) is 48.6 Å². The molecule has 1 atom stereocenters. The number of nitrogens with zero attached hydrogens (tertiary/aromatic N) is 3. The quantitative estimate of drug-likeness (QED) is 0.331. The third kappa shape index (κ3) is 5.01. The number of hydrogen-bond acceptors (Lipinski definition) is 6. The summed E-state index contributed by atoms with van der Waals surface area (Å²) in [4.78, 5) is 18.1. The molecule has 0 saturated carbocycles. The number of nitrogens with one attached hydrogen (secondary N) is 2. The first-order valence-corrected chi connectivity index (χ1v) is 14.1. The molecule has 37 heavy (non-hydrogen) atoms. The highest BCUT2D eigenvalue weighted by atomic mass is 32.1. The zero-order chi connectivity index (χ0) is 25.2. The normalized spacial score (nSPS) is 17.8. The van der Waals surface area contributed by atoms with Gasteiger partial charge >= 0.3 is 0 Å². The van der Waals surface area contributed by atoms with Gasteiger partial charge in [0.05, 0.1) is 11.2 Å². The van der Waals surface area contributed by atoms with Crippen LogP contribution in [0.5, 0.6) is 0 Å². The maximum Gasteiger partial charge on any atom is 0.246 e. The van der Waals surface area contributed by atoms with Crippen molar-refractivity contribution in [2.45, 2.75) is 37.8 Å². The van der Waals surface area contributed by atoms with E-state index in [0.717, 1.165) is 85.4 Å². The number of carbonyl (C=O) groups is 1. The monoisotopic (exact) mass is 515 g/mol. The minimum Gasteiger partial charge on any atom is -0.381 e. The van der Waals surface area contributed by atoms with E-state index < -0.39 is 0 Å². The summed E-state index contributed by atoms with van der Waals surface area (Å²) in [6.45, 7) is 3.58. The van der Waals surface area contributed by atoms with Crippen molar-refractivity contribution >= 4 is 39.5 Å². The molecule has 0 aliphatic carbocycles. The van der Waals surface area contributed by atoms with Crippen LogP contribution in [0, 0.1) is 0 Å². The Morgan fingerprint density at radius 3 is 2.65 bits per heavy atom. The number of fused-ring (bicyclic) bond motifs is 1. The fraction of sp³-hybridized carbons (Fsp3) is 0.379. The van der Waals surface area contributed by atoms with Crippen molar-refractivity contribution in [3.05, 3.63) is 64.9 Å². The summed E-state index contributed by atoms with van der Waals surface area (Å²) in [5.41, 5.74) is 5.94. The molecule has 2 aromatic heterocycles. The van der Waals surface area contributed by atoms with Gasteiger partial charge in [0.2, 0.25) is 5.91 Å². The molecule has 192 valence electrons. The number of rotatable bonds is 7. The lowest BCUT2D eigenvalue weighted by atomic mass is 10.0. The van der Waals surface area contributed by atoms with E-state index in [2.05, 4.69) is 68.1 Å². The van der Waals surface area contributed by atoms with Crippen molar-refractivity contribution in [2.24, 2.45) is 0 Å². The van der Waals surface area contributed by atoms with Crippen molar-refractivity contribution in [1.29, 1.82) is 0 Å². The van der Waals surface area contributed by atoms with Crippen LogP contribution in [0.15, 0.2) is 59.3 Å². The molecule has 6 rings (SSSR count). The second-order valence-corrected chi connectivity index (χ2v) is 10.8. The van der Waals surface area contributed by atoms with Crippen molar-refractivity contribution in [2.75, 3.05) is 43.6 Å². The van der Waals surface area contributed by atoms with E-state index in [1.165, 1.54) is 5.69 Å². The number of amides is 1. The van der Waals surface area contributed by atoms with Gasteiger partial charge in [-0.2, -0.15) is 16.4 Å². The number of hydrogen-bond donors (Lipinski definition) is 2. The van der Waals surface area contributed by atoms with Gasteiger partial charge < -0.3 is 15.0 Å². The van der Waals surface area contributed by atoms with Crippen LogP contribution in [0.4, 0.5) is 11.4 Å². The van der Waals surface area contributed by atoms with E-state index in [0.29, 0.717) is 6.04 Å². The molecule has 4 heterocycles. The van der Waals surface area contributed by atoms with Gasteiger partial charge in [0.25, 0.3) is 0 Å². The van der Waals surface area contributed by atoms with Crippen LogP contribution in [0.1, 0.15) is 37.3 Å². The Morgan fingerprint density at radius 2 is 1.92 bits per heavy atom.